The van der Waals surface area contributed by atoms with Crippen molar-refractivity contribution >= 4 is 10.9 Å². The molecular formula is C32H45N3O2. The molecule has 0 amide bonds. The Morgan fingerprint density at radius 2 is 1.62 bits per heavy atom. The summed E-state index contributed by atoms with van der Waals surface area (Å²) in [5, 5.41) is 1.36. The van der Waals surface area contributed by atoms with Gasteiger partial charge in [-0.1, -0.05) is 26.8 Å². The first-order valence-electron chi connectivity index (χ1n) is 14.3. The fourth-order valence-corrected chi connectivity index (χ4v) is 6.70. The van der Waals surface area contributed by atoms with Crippen LogP contribution in [-0.4, -0.2) is 67.8 Å². The lowest BCUT2D eigenvalue weighted by Gasteiger charge is -2.41. The number of likely N-dealkylation sites (N-methyl/N-ethyl adjacent to an activating group) is 1. The van der Waals surface area contributed by atoms with E-state index in [-0.39, 0.29) is 0 Å². The molecule has 37 heavy (non-hydrogen) atoms. The SMILES string of the molecule is CCN1CCN(C2CCC(Cc3ccc4[nH]c(-c5ccc(OC)c(OC)c5)c(C(C)C)c4c3)CC2)CC1. The summed E-state index contributed by atoms with van der Waals surface area (Å²) in [4.78, 5) is 9.09. The highest BCUT2D eigenvalue weighted by atomic mass is 16.5. The van der Waals surface area contributed by atoms with Gasteiger partial charge in [-0.2, -0.15) is 0 Å². The molecule has 1 aromatic heterocycles. The first kappa shape index (κ1) is 26.1. The first-order chi connectivity index (χ1) is 18.0. The summed E-state index contributed by atoms with van der Waals surface area (Å²) >= 11 is 0. The standard InChI is InChI=1S/C32H45N3O2/c1-6-34-15-17-35(18-16-34)26-11-7-23(8-12-26)19-24-9-13-28-27(20-24)31(22(2)3)32(33-28)25-10-14-29(36-4)30(21-25)37-5/h9-10,13-14,20-23,26,33H,6-8,11-12,15-19H2,1-5H3. The number of nitrogens with one attached hydrogen (secondary N) is 1. The highest BCUT2D eigenvalue weighted by molar-refractivity contribution is 5.92. The van der Waals surface area contributed by atoms with Crippen LogP contribution in [0.5, 0.6) is 11.5 Å². The second kappa shape index (κ2) is 11.5. The van der Waals surface area contributed by atoms with E-state index in [4.69, 9.17) is 9.47 Å². The van der Waals surface area contributed by atoms with Gasteiger partial charge in [0.05, 0.1) is 19.9 Å². The molecule has 2 heterocycles. The molecule has 5 rings (SSSR count). The van der Waals surface area contributed by atoms with Gasteiger partial charge in [0.25, 0.3) is 0 Å². The molecule has 1 saturated carbocycles. The predicted molar refractivity (Wildman–Crippen MR) is 154 cm³/mol. The Morgan fingerprint density at radius 3 is 2.27 bits per heavy atom. The van der Waals surface area contributed by atoms with Crippen molar-refractivity contribution in [1.29, 1.82) is 0 Å². The molecule has 0 unspecified atom stereocenters. The number of H-pyrrole nitrogens is 1. The summed E-state index contributed by atoms with van der Waals surface area (Å²) in [7, 11) is 3.38. The van der Waals surface area contributed by atoms with E-state index in [2.05, 4.69) is 65.9 Å². The summed E-state index contributed by atoms with van der Waals surface area (Å²) in [6.07, 6.45) is 6.64. The summed E-state index contributed by atoms with van der Waals surface area (Å²) in [5.74, 6) is 2.73. The van der Waals surface area contributed by atoms with E-state index in [1.807, 2.05) is 6.07 Å². The minimum Gasteiger partial charge on any atom is -0.493 e. The second-order valence-electron chi connectivity index (χ2n) is 11.4. The summed E-state index contributed by atoms with van der Waals surface area (Å²) < 4.78 is 11.1. The number of fused-ring (bicyclic) bond motifs is 1. The molecule has 0 radical (unpaired) electrons. The normalized spacial score (nSPS) is 21.6. The van der Waals surface area contributed by atoms with Crippen LogP contribution in [-0.2, 0) is 6.42 Å². The number of piperazine rings is 1. The Morgan fingerprint density at radius 1 is 0.892 bits per heavy atom. The van der Waals surface area contributed by atoms with Crippen LogP contribution in [0.1, 0.15) is 63.5 Å². The van der Waals surface area contributed by atoms with Gasteiger partial charge in [-0.05, 0) is 91.9 Å². The molecule has 1 saturated heterocycles. The molecule has 1 aliphatic heterocycles. The van der Waals surface area contributed by atoms with Gasteiger partial charge in [0.2, 0.25) is 0 Å². The van der Waals surface area contributed by atoms with Crippen LogP contribution < -0.4 is 9.47 Å². The highest BCUT2D eigenvalue weighted by Gasteiger charge is 2.28. The lowest BCUT2D eigenvalue weighted by atomic mass is 9.81. The number of aromatic nitrogens is 1. The van der Waals surface area contributed by atoms with E-state index in [1.165, 1.54) is 92.6 Å². The fourth-order valence-electron chi connectivity index (χ4n) is 6.70. The smallest absolute Gasteiger partial charge is 0.161 e. The molecule has 3 aromatic rings. The van der Waals surface area contributed by atoms with Crippen LogP contribution in [0.2, 0.25) is 0 Å². The van der Waals surface area contributed by atoms with E-state index >= 15 is 0 Å². The zero-order chi connectivity index (χ0) is 25.9. The van der Waals surface area contributed by atoms with Gasteiger partial charge in [0.1, 0.15) is 0 Å². The molecule has 2 fully saturated rings. The fraction of sp³-hybridized carbons (Fsp3) is 0.562. The minimum atomic E-state index is 0.413. The maximum Gasteiger partial charge on any atom is 0.161 e. The first-order valence-corrected chi connectivity index (χ1v) is 14.3. The molecule has 1 N–H and O–H groups in total. The van der Waals surface area contributed by atoms with Gasteiger partial charge < -0.3 is 19.4 Å². The number of aromatic amines is 1. The summed E-state index contributed by atoms with van der Waals surface area (Å²) in [6, 6.07) is 14.1. The molecule has 0 spiro atoms. The third-order valence-electron chi connectivity index (χ3n) is 8.86. The van der Waals surface area contributed by atoms with Crippen LogP contribution in [0, 0.1) is 5.92 Å². The average Bonchev–Trinajstić information content (AvgIpc) is 3.32. The van der Waals surface area contributed by atoms with Gasteiger partial charge >= 0.3 is 0 Å². The van der Waals surface area contributed by atoms with E-state index in [0.717, 1.165) is 29.0 Å². The molecule has 2 aromatic carbocycles. The van der Waals surface area contributed by atoms with Crippen molar-refractivity contribution in [3.8, 4) is 22.8 Å². The van der Waals surface area contributed by atoms with Gasteiger partial charge in [-0.25, -0.2) is 0 Å². The Labute approximate surface area is 223 Å². The van der Waals surface area contributed by atoms with Gasteiger partial charge in [-0.15, -0.1) is 0 Å². The maximum atomic E-state index is 5.59. The van der Waals surface area contributed by atoms with Crippen molar-refractivity contribution < 1.29 is 9.47 Å². The molecular weight excluding hydrogens is 458 g/mol. The Hall–Kier alpha value is -2.50. The van der Waals surface area contributed by atoms with Crippen LogP contribution in [0.3, 0.4) is 0 Å². The van der Waals surface area contributed by atoms with Crippen molar-refractivity contribution in [3.63, 3.8) is 0 Å². The van der Waals surface area contributed by atoms with Crippen LogP contribution >= 0.6 is 0 Å². The maximum absolute atomic E-state index is 5.59. The Bertz CT molecular complexity index is 1180. The molecule has 200 valence electrons. The van der Waals surface area contributed by atoms with Crippen molar-refractivity contribution in [3.05, 3.63) is 47.5 Å². The number of hydrogen-bond acceptors (Lipinski definition) is 4. The summed E-state index contributed by atoms with van der Waals surface area (Å²) in [5.41, 5.74) is 6.41. The quantitative estimate of drug-likeness (QED) is 0.371. The number of ether oxygens (including phenoxy) is 2. The van der Waals surface area contributed by atoms with Crippen molar-refractivity contribution in [2.45, 2.75) is 64.8 Å². The molecule has 0 bridgehead atoms. The van der Waals surface area contributed by atoms with Crippen molar-refractivity contribution in [1.82, 2.24) is 14.8 Å². The van der Waals surface area contributed by atoms with Crippen LogP contribution in [0.15, 0.2) is 36.4 Å². The molecule has 0 atom stereocenters. The molecule has 5 nitrogen and oxygen atoms in total. The average molecular weight is 504 g/mol. The predicted octanol–water partition coefficient (Wildman–Crippen LogP) is 6.71. The third kappa shape index (κ3) is 5.53. The second-order valence-corrected chi connectivity index (χ2v) is 11.4. The van der Waals surface area contributed by atoms with Crippen LogP contribution in [0.25, 0.3) is 22.2 Å². The highest BCUT2D eigenvalue weighted by Crippen LogP contribution is 2.40. The van der Waals surface area contributed by atoms with E-state index in [1.54, 1.807) is 14.2 Å². The molecule has 5 heteroatoms. The Kier molecular flexibility index (Phi) is 8.11. The van der Waals surface area contributed by atoms with Crippen LogP contribution in [0.4, 0.5) is 0 Å². The minimum absolute atomic E-state index is 0.413. The van der Waals surface area contributed by atoms with E-state index < -0.39 is 0 Å². The Balaban J connectivity index is 1.31. The number of benzene rings is 2. The lowest BCUT2D eigenvalue weighted by Crippen LogP contribution is -2.51. The summed E-state index contributed by atoms with van der Waals surface area (Å²) in [6.45, 7) is 13.1. The van der Waals surface area contributed by atoms with E-state index in [0.29, 0.717) is 5.92 Å². The number of methoxy groups -OCH3 is 2. The molecule has 1 aliphatic carbocycles. The molecule has 2 aliphatic rings. The largest absolute Gasteiger partial charge is 0.493 e. The zero-order valence-corrected chi connectivity index (χ0v) is 23.5. The number of rotatable bonds is 8. The number of hydrogen-bond donors (Lipinski definition) is 1. The monoisotopic (exact) mass is 503 g/mol. The van der Waals surface area contributed by atoms with E-state index in [9.17, 15) is 0 Å². The van der Waals surface area contributed by atoms with Crippen molar-refractivity contribution in [2.75, 3.05) is 46.9 Å². The zero-order valence-electron chi connectivity index (χ0n) is 23.5. The van der Waals surface area contributed by atoms with Gasteiger partial charge in [0, 0.05) is 48.7 Å². The topological polar surface area (TPSA) is 40.7 Å². The lowest BCUT2D eigenvalue weighted by molar-refractivity contribution is 0.0729. The van der Waals surface area contributed by atoms with Crippen molar-refractivity contribution in [2.24, 2.45) is 5.92 Å². The number of nitrogens with zero attached hydrogens (tertiary/aromatic N) is 2. The van der Waals surface area contributed by atoms with Gasteiger partial charge in [0.15, 0.2) is 11.5 Å². The van der Waals surface area contributed by atoms with Gasteiger partial charge in [-0.3, -0.25) is 4.90 Å². The third-order valence-corrected chi connectivity index (χ3v) is 8.86.